The summed E-state index contributed by atoms with van der Waals surface area (Å²) in [5.74, 6) is -0.0446. The van der Waals surface area contributed by atoms with E-state index in [1.165, 1.54) is 0 Å². The minimum atomic E-state index is -0.848. The highest BCUT2D eigenvalue weighted by Gasteiger charge is 2.17. The summed E-state index contributed by atoms with van der Waals surface area (Å²) in [4.78, 5) is 23.8. The van der Waals surface area contributed by atoms with Gasteiger partial charge in [-0.3, -0.25) is 9.59 Å². The summed E-state index contributed by atoms with van der Waals surface area (Å²) >= 11 is 3.37. The summed E-state index contributed by atoms with van der Waals surface area (Å²) in [7, 11) is 0. The van der Waals surface area contributed by atoms with E-state index < -0.39 is 12.1 Å². The number of carbonyl (C=O) groups excluding carboxylic acids is 2. The van der Waals surface area contributed by atoms with Gasteiger partial charge in [-0.05, 0) is 43.7 Å². The Morgan fingerprint density at radius 2 is 1.88 bits per heavy atom. The molecule has 1 N–H and O–H groups in total. The van der Waals surface area contributed by atoms with E-state index in [1.54, 1.807) is 19.1 Å². The second kappa shape index (κ2) is 9.84. The summed E-state index contributed by atoms with van der Waals surface area (Å²) in [5.41, 5.74) is 0.665. The molecule has 5 nitrogen and oxygen atoms in total. The Labute approximate surface area is 155 Å². The molecule has 0 aliphatic rings. The van der Waals surface area contributed by atoms with E-state index in [0.29, 0.717) is 18.7 Å². The number of amides is 1. The number of rotatable bonds is 8. The molecule has 6 heteroatoms. The largest absolute Gasteiger partial charge is 0.494 e. The molecule has 1 atom stereocenters. The van der Waals surface area contributed by atoms with E-state index in [1.807, 2.05) is 42.5 Å². The Bertz CT molecular complexity index is 706. The molecule has 25 heavy (non-hydrogen) atoms. The first-order chi connectivity index (χ1) is 12.0. The fourth-order valence-corrected chi connectivity index (χ4v) is 2.42. The highest BCUT2D eigenvalue weighted by molar-refractivity contribution is 9.10. The highest BCUT2D eigenvalue weighted by Crippen LogP contribution is 2.18. The minimum absolute atomic E-state index is 0.191. The molecule has 2 rings (SSSR count). The van der Waals surface area contributed by atoms with Crippen LogP contribution in [0.25, 0.3) is 0 Å². The summed E-state index contributed by atoms with van der Waals surface area (Å²) in [6.07, 6.45) is -0.145. The Morgan fingerprint density at radius 3 is 2.60 bits per heavy atom. The Morgan fingerprint density at radius 1 is 1.12 bits per heavy atom. The summed E-state index contributed by atoms with van der Waals surface area (Å²) < 4.78 is 11.6. The van der Waals surface area contributed by atoms with Crippen molar-refractivity contribution in [2.24, 2.45) is 0 Å². The first-order valence-corrected chi connectivity index (χ1v) is 8.77. The van der Waals surface area contributed by atoms with Gasteiger partial charge in [-0.15, -0.1) is 0 Å². The van der Waals surface area contributed by atoms with Crippen molar-refractivity contribution in [3.63, 3.8) is 0 Å². The number of esters is 1. The number of para-hydroxylation sites is 1. The second-order valence-corrected chi connectivity index (χ2v) is 6.31. The summed E-state index contributed by atoms with van der Waals surface area (Å²) in [6, 6.07) is 16.5. The third kappa shape index (κ3) is 6.97. The Hall–Kier alpha value is -2.34. The molecule has 2 aromatic carbocycles. The number of hydrogen-bond acceptors (Lipinski definition) is 4. The molecular formula is C19H20BrNO4. The van der Waals surface area contributed by atoms with Gasteiger partial charge in [0.2, 0.25) is 0 Å². The highest BCUT2D eigenvalue weighted by atomic mass is 79.9. The lowest BCUT2D eigenvalue weighted by Crippen LogP contribution is -2.30. The first-order valence-electron chi connectivity index (χ1n) is 7.98. The van der Waals surface area contributed by atoms with Crippen LogP contribution in [0.1, 0.15) is 19.8 Å². The Balaban J connectivity index is 1.66. The zero-order chi connectivity index (χ0) is 18.1. The van der Waals surface area contributed by atoms with Gasteiger partial charge in [-0.2, -0.15) is 0 Å². The van der Waals surface area contributed by atoms with Gasteiger partial charge in [-0.1, -0.05) is 40.2 Å². The van der Waals surface area contributed by atoms with E-state index in [0.717, 1.165) is 10.2 Å². The van der Waals surface area contributed by atoms with Crippen molar-refractivity contribution in [1.29, 1.82) is 0 Å². The number of halogens is 1. The molecule has 0 heterocycles. The van der Waals surface area contributed by atoms with E-state index in [9.17, 15) is 9.59 Å². The van der Waals surface area contributed by atoms with Gasteiger partial charge in [0, 0.05) is 16.6 Å². The lowest BCUT2D eigenvalue weighted by atomic mass is 10.3. The molecule has 0 unspecified atom stereocenters. The van der Waals surface area contributed by atoms with Crippen LogP contribution in [0.3, 0.4) is 0 Å². The predicted molar refractivity (Wildman–Crippen MR) is 99.5 cm³/mol. The van der Waals surface area contributed by atoms with Gasteiger partial charge in [0.25, 0.3) is 5.91 Å². The number of ether oxygens (including phenoxy) is 2. The van der Waals surface area contributed by atoms with Crippen LogP contribution in [0.4, 0.5) is 5.69 Å². The third-order valence-corrected chi connectivity index (χ3v) is 3.80. The molecular weight excluding hydrogens is 386 g/mol. The fourth-order valence-electron chi connectivity index (χ4n) is 2.04. The maximum Gasteiger partial charge on any atom is 0.306 e. The third-order valence-electron chi connectivity index (χ3n) is 3.31. The number of carbonyl (C=O) groups is 2. The van der Waals surface area contributed by atoms with Crippen molar-refractivity contribution < 1.29 is 19.1 Å². The van der Waals surface area contributed by atoms with E-state index >= 15 is 0 Å². The number of hydrogen-bond donors (Lipinski definition) is 1. The maximum absolute atomic E-state index is 12.0. The van der Waals surface area contributed by atoms with Gasteiger partial charge in [-0.25, -0.2) is 0 Å². The first kappa shape index (κ1) is 19.0. The van der Waals surface area contributed by atoms with Crippen molar-refractivity contribution in [2.75, 3.05) is 11.9 Å². The lowest BCUT2D eigenvalue weighted by molar-refractivity contribution is -0.153. The molecule has 132 valence electrons. The number of anilines is 1. The molecule has 1 amide bonds. The molecule has 2 aromatic rings. The van der Waals surface area contributed by atoms with Crippen LogP contribution in [0.5, 0.6) is 5.75 Å². The zero-order valence-electron chi connectivity index (χ0n) is 13.9. The van der Waals surface area contributed by atoms with Gasteiger partial charge >= 0.3 is 5.97 Å². The van der Waals surface area contributed by atoms with Crippen LogP contribution in [-0.2, 0) is 14.3 Å². The van der Waals surface area contributed by atoms with Crippen LogP contribution in [0.15, 0.2) is 59.1 Å². The van der Waals surface area contributed by atoms with Crippen LogP contribution in [0, 0.1) is 0 Å². The molecule has 0 aromatic heterocycles. The Kier molecular flexibility index (Phi) is 7.47. The molecule has 0 spiro atoms. The zero-order valence-corrected chi connectivity index (χ0v) is 15.5. The van der Waals surface area contributed by atoms with Gasteiger partial charge in [0.15, 0.2) is 6.10 Å². The monoisotopic (exact) mass is 405 g/mol. The van der Waals surface area contributed by atoms with Gasteiger partial charge < -0.3 is 14.8 Å². The van der Waals surface area contributed by atoms with Gasteiger partial charge in [0.05, 0.1) is 6.61 Å². The number of nitrogens with one attached hydrogen (secondary N) is 1. The maximum atomic E-state index is 12.0. The summed E-state index contributed by atoms with van der Waals surface area (Å²) in [6.45, 7) is 1.95. The van der Waals surface area contributed by atoms with E-state index in [-0.39, 0.29) is 12.3 Å². The van der Waals surface area contributed by atoms with Crippen molar-refractivity contribution in [3.8, 4) is 5.75 Å². The predicted octanol–water partition coefficient (Wildman–Crippen LogP) is 4.18. The fraction of sp³-hybridized carbons (Fsp3) is 0.263. The SMILES string of the molecule is C[C@@H](OC(=O)CCCOc1cccc(Br)c1)C(=O)Nc1ccccc1. The standard InChI is InChI=1S/C19H20BrNO4/c1-14(19(23)21-16-8-3-2-4-9-16)25-18(22)11-6-12-24-17-10-5-7-15(20)13-17/h2-5,7-10,13-14H,6,11-12H2,1H3,(H,21,23)/t14-/m1/s1. The quantitative estimate of drug-likeness (QED) is 0.528. The average molecular weight is 406 g/mol. The van der Waals surface area contributed by atoms with Crippen LogP contribution in [0.2, 0.25) is 0 Å². The molecule has 0 saturated heterocycles. The molecule has 0 radical (unpaired) electrons. The van der Waals surface area contributed by atoms with Crippen LogP contribution < -0.4 is 10.1 Å². The molecule has 0 fully saturated rings. The number of benzene rings is 2. The van der Waals surface area contributed by atoms with E-state index in [4.69, 9.17) is 9.47 Å². The van der Waals surface area contributed by atoms with Crippen molar-refractivity contribution in [2.45, 2.75) is 25.9 Å². The molecule has 0 aliphatic heterocycles. The minimum Gasteiger partial charge on any atom is -0.494 e. The normalized spacial score (nSPS) is 11.4. The molecule has 0 aliphatic carbocycles. The van der Waals surface area contributed by atoms with Gasteiger partial charge in [0.1, 0.15) is 5.75 Å². The van der Waals surface area contributed by atoms with Crippen LogP contribution >= 0.6 is 15.9 Å². The average Bonchev–Trinajstić information content (AvgIpc) is 2.59. The van der Waals surface area contributed by atoms with Crippen molar-refractivity contribution in [1.82, 2.24) is 0 Å². The molecule has 0 bridgehead atoms. The lowest BCUT2D eigenvalue weighted by Gasteiger charge is -2.13. The molecule has 0 saturated carbocycles. The smallest absolute Gasteiger partial charge is 0.306 e. The second-order valence-electron chi connectivity index (χ2n) is 5.40. The van der Waals surface area contributed by atoms with Crippen molar-refractivity contribution >= 4 is 33.5 Å². The summed E-state index contributed by atoms with van der Waals surface area (Å²) in [5, 5.41) is 2.70. The topological polar surface area (TPSA) is 64.6 Å². The van der Waals surface area contributed by atoms with Crippen LogP contribution in [-0.4, -0.2) is 24.6 Å². The van der Waals surface area contributed by atoms with Crippen molar-refractivity contribution in [3.05, 3.63) is 59.1 Å². The van der Waals surface area contributed by atoms with E-state index in [2.05, 4.69) is 21.2 Å².